The van der Waals surface area contributed by atoms with Gasteiger partial charge in [0.15, 0.2) is 0 Å². The van der Waals surface area contributed by atoms with Crippen molar-refractivity contribution in [2.24, 2.45) is 0 Å². The second-order valence-electron chi connectivity index (χ2n) is 8.09. The number of hydrogen-bond donors (Lipinski definition) is 2. The molecule has 5 rings (SSSR count). The molecule has 0 radical (unpaired) electrons. The molecule has 30 heavy (non-hydrogen) atoms. The van der Waals surface area contributed by atoms with Crippen LogP contribution in [0.3, 0.4) is 0 Å². The molecule has 0 saturated carbocycles. The Labute approximate surface area is 184 Å². The molecule has 2 N–H and O–H groups in total. The summed E-state index contributed by atoms with van der Waals surface area (Å²) in [5.74, 6) is 0.688. The summed E-state index contributed by atoms with van der Waals surface area (Å²) in [6, 6.07) is 11.2. The third kappa shape index (κ3) is 3.75. The topological polar surface area (TPSA) is 57.8 Å². The molecule has 1 atom stereocenters. The first-order valence-electron chi connectivity index (χ1n) is 10.5. The van der Waals surface area contributed by atoms with E-state index in [9.17, 15) is 4.79 Å². The van der Waals surface area contributed by atoms with E-state index in [0.29, 0.717) is 17.8 Å². The average Bonchev–Trinajstić information content (AvgIpc) is 3.38. The smallest absolute Gasteiger partial charge is 0.260 e. The quantitative estimate of drug-likeness (QED) is 0.419. The molecule has 1 aromatic carbocycles. The fourth-order valence-corrected chi connectivity index (χ4v) is 6.15. The molecular formula is C24H25N3OS2. The molecule has 6 heteroatoms. The highest BCUT2D eigenvalue weighted by Crippen LogP contribution is 2.35. The number of aryl methyl sites for hydroxylation is 3. The molecule has 4 nitrogen and oxygen atoms in total. The number of aromatic nitrogens is 2. The third-order valence-corrected chi connectivity index (χ3v) is 7.85. The summed E-state index contributed by atoms with van der Waals surface area (Å²) in [7, 11) is 0. The lowest BCUT2D eigenvalue weighted by molar-refractivity contribution is 0.558. The molecule has 0 spiro atoms. The number of fused-ring (bicyclic) bond motifs is 2. The fourth-order valence-electron chi connectivity index (χ4n) is 4.23. The van der Waals surface area contributed by atoms with Crippen LogP contribution in [0.4, 0.5) is 0 Å². The van der Waals surface area contributed by atoms with Crippen molar-refractivity contribution < 1.29 is 0 Å². The largest absolute Gasteiger partial charge is 0.309 e. The van der Waals surface area contributed by atoms with Gasteiger partial charge in [0, 0.05) is 26.7 Å². The van der Waals surface area contributed by atoms with Crippen LogP contribution in [-0.4, -0.2) is 9.97 Å². The second kappa shape index (κ2) is 8.10. The standard InChI is InChI=1S/C24H25N3OS2/c1-14-7-10-20(30-14)19-13-29-24-22(19)23(28)26-21(27-24)12-25-15(2)17-9-8-16-5-3-4-6-18(16)11-17/h7-11,13,15,25H,3-6,12H2,1-2H3,(H,26,27,28). The summed E-state index contributed by atoms with van der Waals surface area (Å²) in [5, 5.41) is 6.28. The zero-order chi connectivity index (χ0) is 20.7. The van der Waals surface area contributed by atoms with Crippen LogP contribution in [-0.2, 0) is 19.4 Å². The Morgan fingerprint density at radius 2 is 2.00 bits per heavy atom. The van der Waals surface area contributed by atoms with E-state index >= 15 is 0 Å². The highest BCUT2D eigenvalue weighted by atomic mass is 32.1. The maximum Gasteiger partial charge on any atom is 0.260 e. The van der Waals surface area contributed by atoms with Gasteiger partial charge < -0.3 is 10.3 Å². The number of thiophene rings is 2. The van der Waals surface area contributed by atoms with Crippen molar-refractivity contribution >= 4 is 32.9 Å². The Morgan fingerprint density at radius 3 is 2.80 bits per heavy atom. The molecule has 3 aromatic heterocycles. The van der Waals surface area contributed by atoms with Gasteiger partial charge >= 0.3 is 0 Å². The van der Waals surface area contributed by atoms with Gasteiger partial charge in [-0.05, 0) is 68.4 Å². The van der Waals surface area contributed by atoms with E-state index in [2.05, 4.69) is 54.5 Å². The number of benzene rings is 1. The zero-order valence-electron chi connectivity index (χ0n) is 17.2. The van der Waals surface area contributed by atoms with E-state index in [4.69, 9.17) is 4.98 Å². The lowest BCUT2D eigenvalue weighted by Crippen LogP contribution is -2.22. The Kier molecular flexibility index (Phi) is 5.31. The normalized spacial score (nSPS) is 14.7. The first-order chi connectivity index (χ1) is 14.6. The van der Waals surface area contributed by atoms with Gasteiger partial charge in [-0.3, -0.25) is 4.79 Å². The first kappa shape index (κ1) is 19.7. The minimum Gasteiger partial charge on any atom is -0.309 e. The van der Waals surface area contributed by atoms with E-state index < -0.39 is 0 Å². The van der Waals surface area contributed by atoms with Crippen LogP contribution >= 0.6 is 22.7 Å². The highest BCUT2D eigenvalue weighted by Gasteiger charge is 2.16. The van der Waals surface area contributed by atoms with Crippen LogP contribution in [0.15, 0.2) is 40.5 Å². The lowest BCUT2D eigenvalue weighted by Gasteiger charge is -2.20. The van der Waals surface area contributed by atoms with E-state index in [0.717, 1.165) is 15.3 Å². The average molecular weight is 436 g/mol. The van der Waals surface area contributed by atoms with Crippen molar-refractivity contribution in [1.82, 2.24) is 15.3 Å². The molecule has 1 aliphatic carbocycles. The number of nitrogens with one attached hydrogen (secondary N) is 2. The Balaban J connectivity index is 1.35. The molecule has 0 saturated heterocycles. The van der Waals surface area contributed by atoms with E-state index in [-0.39, 0.29) is 11.6 Å². The van der Waals surface area contributed by atoms with Crippen LogP contribution in [0, 0.1) is 6.92 Å². The summed E-state index contributed by atoms with van der Waals surface area (Å²) >= 11 is 3.25. The van der Waals surface area contributed by atoms with Crippen molar-refractivity contribution in [2.75, 3.05) is 0 Å². The number of H-pyrrole nitrogens is 1. The number of rotatable bonds is 5. The van der Waals surface area contributed by atoms with Gasteiger partial charge in [0.2, 0.25) is 0 Å². The van der Waals surface area contributed by atoms with Crippen LogP contribution < -0.4 is 10.9 Å². The molecule has 154 valence electrons. The molecule has 4 aromatic rings. The Morgan fingerprint density at radius 1 is 1.17 bits per heavy atom. The van der Waals surface area contributed by atoms with E-state index in [1.165, 1.54) is 47.3 Å². The molecule has 0 aliphatic heterocycles. The predicted octanol–water partition coefficient (Wildman–Crippen LogP) is 5.75. The van der Waals surface area contributed by atoms with Crippen molar-refractivity contribution in [3.8, 4) is 10.4 Å². The fraction of sp³-hybridized carbons (Fsp3) is 0.333. The molecule has 0 amide bonds. The number of hydrogen-bond acceptors (Lipinski definition) is 5. The van der Waals surface area contributed by atoms with Gasteiger partial charge in [0.1, 0.15) is 10.7 Å². The minimum atomic E-state index is -0.0551. The van der Waals surface area contributed by atoms with Crippen LogP contribution in [0.2, 0.25) is 0 Å². The van der Waals surface area contributed by atoms with Gasteiger partial charge in [-0.1, -0.05) is 18.2 Å². The second-order valence-corrected chi connectivity index (χ2v) is 10.2. The molecule has 1 aliphatic rings. The van der Waals surface area contributed by atoms with Crippen molar-refractivity contribution in [3.05, 3.63) is 73.5 Å². The van der Waals surface area contributed by atoms with Crippen LogP contribution in [0.25, 0.3) is 20.7 Å². The monoisotopic (exact) mass is 435 g/mol. The number of nitrogens with zero attached hydrogens (tertiary/aromatic N) is 1. The summed E-state index contributed by atoms with van der Waals surface area (Å²) in [5.41, 5.74) is 5.23. The summed E-state index contributed by atoms with van der Waals surface area (Å²) in [4.78, 5) is 23.7. The molecule has 0 fully saturated rings. The summed E-state index contributed by atoms with van der Waals surface area (Å²) in [6.07, 6.45) is 4.98. The maximum atomic E-state index is 12.8. The first-order valence-corrected chi connectivity index (χ1v) is 12.2. The summed E-state index contributed by atoms with van der Waals surface area (Å²) in [6.45, 7) is 4.79. The third-order valence-electron chi connectivity index (χ3n) is 5.95. The van der Waals surface area contributed by atoms with E-state index in [1.807, 2.05) is 5.38 Å². The molecule has 0 bridgehead atoms. The van der Waals surface area contributed by atoms with Crippen LogP contribution in [0.1, 0.15) is 53.2 Å². The molecule has 3 heterocycles. The van der Waals surface area contributed by atoms with Gasteiger partial charge in [-0.15, -0.1) is 22.7 Å². The Hall–Kier alpha value is -2.28. The van der Waals surface area contributed by atoms with Gasteiger partial charge in [-0.25, -0.2) is 4.98 Å². The van der Waals surface area contributed by atoms with Crippen LogP contribution in [0.5, 0.6) is 0 Å². The van der Waals surface area contributed by atoms with Gasteiger partial charge in [0.05, 0.1) is 11.9 Å². The highest BCUT2D eigenvalue weighted by molar-refractivity contribution is 7.19. The SMILES string of the molecule is Cc1ccc(-c2csc3nc(CNC(C)c4ccc5c(c4)CCCC5)[nH]c(=O)c23)s1. The van der Waals surface area contributed by atoms with E-state index in [1.54, 1.807) is 22.7 Å². The van der Waals surface area contributed by atoms with Crippen molar-refractivity contribution in [2.45, 2.75) is 52.1 Å². The van der Waals surface area contributed by atoms with Crippen molar-refractivity contribution in [1.29, 1.82) is 0 Å². The van der Waals surface area contributed by atoms with Crippen molar-refractivity contribution in [3.63, 3.8) is 0 Å². The number of aromatic amines is 1. The van der Waals surface area contributed by atoms with Gasteiger partial charge in [0.25, 0.3) is 5.56 Å². The molecular weight excluding hydrogens is 410 g/mol. The minimum absolute atomic E-state index is 0.0551. The zero-order valence-corrected chi connectivity index (χ0v) is 18.9. The predicted molar refractivity (Wildman–Crippen MR) is 127 cm³/mol. The van der Waals surface area contributed by atoms with Gasteiger partial charge in [-0.2, -0.15) is 0 Å². The summed E-state index contributed by atoms with van der Waals surface area (Å²) < 4.78 is 0. The molecule has 1 unspecified atom stereocenters. The lowest BCUT2D eigenvalue weighted by atomic mass is 9.89. The maximum absolute atomic E-state index is 12.8. The Bertz CT molecular complexity index is 1270.